The molecule has 4 fully saturated rings. The number of hydrogen-bond acceptors (Lipinski definition) is 12. The van der Waals surface area contributed by atoms with Gasteiger partial charge in [0.25, 0.3) is 0 Å². The highest BCUT2D eigenvalue weighted by atomic mass is 16.8. The topological polar surface area (TPSA) is 119 Å². The molecule has 6 aromatic carbocycles. The first kappa shape index (κ1) is 49.0. The van der Waals surface area contributed by atoms with Crippen LogP contribution in [0.15, 0.2) is 182 Å². The Morgan fingerprint density at radius 2 is 0.718 bits per heavy atom. The van der Waals surface area contributed by atoms with E-state index in [0.29, 0.717) is 12.8 Å². The Kier molecular flexibility index (Phi) is 15.8. The van der Waals surface area contributed by atoms with Gasteiger partial charge in [0.2, 0.25) is 0 Å². The summed E-state index contributed by atoms with van der Waals surface area (Å²) in [5.74, 6) is -0.426. The summed E-state index contributed by atoms with van der Waals surface area (Å²) in [7, 11) is 1.61. The van der Waals surface area contributed by atoms with Gasteiger partial charge in [-0.05, 0) is 33.4 Å². The minimum Gasteiger partial charge on any atom is -0.459 e. The van der Waals surface area contributed by atoms with Crippen molar-refractivity contribution in [3.8, 4) is 0 Å². The zero-order valence-electron chi connectivity index (χ0n) is 40.1. The summed E-state index contributed by atoms with van der Waals surface area (Å²) in [5, 5.41) is 0. The van der Waals surface area contributed by atoms with Crippen molar-refractivity contribution in [3.05, 3.63) is 215 Å². The third-order valence-electron chi connectivity index (χ3n) is 13.7. The summed E-state index contributed by atoms with van der Waals surface area (Å²) in [5.41, 5.74) is 3.62. The third-order valence-corrected chi connectivity index (χ3v) is 13.7. The Bertz CT molecular complexity index is 2560. The highest BCUT2D eigenvalue weighted by Gasteiger charge is 2.75. The Labute approximate surface area is 415 Å². The molecule has 370 valence electrons. The van der Waals surface area contributed by atoms with Crippen molar-refractivity contribution in [2.75, 3.05) is 7.11 Å². The molecule has 4 aliphatic rings. The second kappa shape index (κ2) is 22.9. The molecule has 0 aromatic heterocycles. The zero-order valence-corrected chi connectivity index (χ0v) is 40.1. The molecule has 0 N–H and O–H groups in total. The number of methoxy groups -OCH3 is 1. The van der Waals surface area contributed by atoms with E-state index >= 15 is 0 Å². The van der Waals surface area contributed by atoms with Gasteiger partial charge < -0.3 is 52.1 Å². The first-order valence-corrected chi connectivity index (χ1v) is 24.5. The Morgan fingerprint density at radius 1 is 0.423 bits per heavy atom. The maximum absolute atomic E-state index is 12.7. The van der Waals surface area contributed by atoms with Gasteiger partial charge in [0, 0.05) is 26.9 Å². The van der Waals surface area contributed by atoms with Gasteiger partial charge in [-0.2, -0.15) is 0 Å². The van der Waals surface area contributed by atoms with E-state index < -0.39 is 78.6 Å². The molecular weight excluding hydrogens is 901 g/mol. The molecule has 12 atom stereocenters. The average molecular weight is 963 g/mol. The standard InChI is InChI=1S/C59H62O12/c1-41(60)68-48-33-58(48)55(67-40-47-31-19-8-20-32-47)51(63-36-43-23-11-4-12-24-43)53(65-38-45-27-15-6-16-28-45)57(71-58)69-49-34-59(49)54(66-39-46-29-17-7-18-30-46)50(62-35-42-21-9-3-10-22-42)52(56(61-2)70-59)64-37-44-25-13-5-14-26-44/h3-32,48-57H,33-40H2,1-2H3/t48?,49?,50-,51-,52+,53+,54+,55+,56+,57+,58-,59-/m1/s1. The van der Waals surface area contributed by atoms with Crippen LogP contribution in [0.4, 0.5) is 0 Å². The highest BCUT2D eigenvalue weighted by Crippen LogP contribution is 2.57. The van der Waals surface area contributed by atoms with E-state index in [4.69, 9.17) is 52.1 Å². The fourth-order valence-corrected chi connectivity index (χ4v) is 9.94. The molecule has 0 radical (unpaired) electrons. The molecule has 10 rings (SSSR count). The van der Waals surface area contributed by atoms with Gasteiger partial charge in [-0.25, -0.2) is 0 Å². The molecule has 0 amide bonds. The summed E-state index contributed by atoms with van der Waals surface area (Å²) in [6.45, 7) is 2.97. The highest BCUT2D eigenvalue weighted by molar-refractivity contribution is 5.66. The molecule has 2 unspecified atom stereocenters. The monoisotopic (exact) mass is 962 g/mol. The molecule has 0 bridgehead atoms. The van der Waals surface area contributed by atoms with E-state index in [1.165, 1.54) is 6.92 Å². The van der Waals surface area contributed by atoms with E-state index in [0.717, 1.165) is 33.4 Å². The fraction of sp³-hybridized carbons (Fsp3) is 0.373. The maximum Gasteiger partial charge on any atom is 0.303 e. The smallest absolute Gasteiger partial charge is 0.303 e. The second-order valence-corrected chi connectivity index (χ2v) is 18.7. The minimum atomic E-state index is -1.13. The van der Waals surface area contributed by atoms with Crippen LogP contribution in [-0.4, -0.2) is 85.7 Å². The van der Waals surface area contributed by atoms with E-state index in [9.17, 15) is 4.79 Å². The predicted molar refractivity (Wildman–Crippen MR) is 262 cm³/mol. The van der Waals surface area contributed by atoms with E-state index in [1.807, 2.05) is 182 Å². The van der Waals surface area contributed by atoms with Gasteiger partial charge in [-0.3, -0.25) is 4.79 Å². The van der Waals surface area contributed by atoms with Crippen LogP contribution in [0.1, 0.15) is 53.1 Å². The van der Waals surface area contributed by atoms with Crippen molar-refractivity contribution in [1.29, 1.82) is 0 Å². The molecule has 2 saturated carbocycles. The van der Waals surface area contributed by atoms with Crippen LogP contribution in [-0.2, 0) is 96.5 Å². The van der Waals surface area contributed by atoms with Gasteiger partial charge >= 0.3 is 5.97 Å². The number of ether oxygens (including phenoxy) is 11. The van der Waals surface area contributed by atoms with E-state index in [2.05, 4.69) is 0 Å². The molecule has 2 aliphatic heterocycles. The summed E-state index contributed by atoms with van der Waals surface area (Å²) in [4.78, 5) is 12.7. The number of rotatable bonds is 22. The van der Waals surface area contributed by atoms with Gasteiger partial charge in [-0.15, -0.1) is 0 Å². The zero-order chi connectivity index (χ0) is 48.5. The lowest BCUT2D eigenvalue weighted by molar-refractivity contribution is -0.357. The fourth-order valence-electron chi connectivity index (χ4n) is 9.94. The lowest BCUT2D eigenvalue weighted by Crippen LogP contribution is -2.65. The molecule has 2 heterocycles. The van der Waals surface area contributed by atoms with Crippen molar-refractivity contribution in [2.24, 2.45) is 0 Å². The quantitative estimate of drug-likeness (QED) is 0.0604. The van der Waals surface area contributed by atoms with Crippen molar-refractivity contribution >= 4 is 5.97 Å². The van der Waals surface area contributed by atoms with Gasteiger partial charge in [0.1, 0.15) is 53.9 Å². The first-order valence-electron chi connectivity index (χ1n) is 24.5. The molecule has 2 saturated heterocycles. The number of carbonyl (C=O) groups is 1. The average Bonchev–Trinajstić information content (AvgIpc) is 4.30. The number of hydrogen-bond donors (Lipinski definition) is 0. The number of esters is 1. The SMILES string of the molecule is CO[C@H]1O[C@@]2(CC2O[C@H]2O[C@@]3(CC3OC(C)=O)[C@@H](OCc3ccccc3)[C@H](OCc3ccccc3)[C@@H]2OCc2ccccc2)[C@@H](OCc2ccccc2)[C@H](OCc2ccccc2)[C@@H]1OCc1ccccc1. The summed E-state index contributed by atoms with van der Waals surface area (Å²) >= 11 is 0. The number of carbonyl (C=O) groups excluding carboxylic acids is 1. The Morgan fingerprint density at radius 3 is 1.07 bits per heavy atom. The van der Waals surface area contributed by atoms with Crippen LogP contribution in [0.2, 0.25) is 0 Å². The van der Waals surface area contributed by atoms with E-state index in [-0.39, 0.29) is 39.6 Å². The van der Waals surface area contributed by atoms with Crippen molar-refractivity contribution in [3.63, 3.8) is 0 Å². The van der Waals surface area contributed by atoms with Crippen LogP contribution < -0.4 is 0 Å². The summed E-state index contributed by atoms with van der Waals surface area (Å²) in [6.07, 6.45) is -6.89. The Hall–Kier alpha value is -5.61. The lowest BCUT2D eigenvalue weighted by atomic mass is 9.94. The van der Waals surface area contributed by atoms with Gasteiger partial charge in [0.05, 0.1) is 45.7 Å². The van der Waals surface area contributed by atoms with Crippen LogP contribution in [0.25, 0.3) is 0 Å². The van der Waals surface area contributed by atoms with Crippen molar-refractivity contribution < 1.29 is 56.9 Å². The van der Waals surface area contributed by atoms with Gasteiger partial charge in [-0.1, -0.05) is 182 Å². The second-order valence-electron chi connectivity index (χ2n) is 18.7. The first-order chi connectivity index (χ1) is 34.9. The molecule has 12 nitrogen and oxygen atoms in total. The summed E-state index contributed by atoms with van der Waals surface area (Å²) in [6, 6.07) is 59.9. The predicted octanol–water partition coefficient (Wildman–Crippen LogP) is 9.46. The van der Waals surface area contributed by atoms with Crippen LogP contribution in [0, 0.1) is 0 Å². The van der Waals surface area contributed by atoms with Gasteiger partial charge in [0.15, 0.2) is 12.6 Å². The lowest BCUT2D eigenvalue weighted by Gasteiger charge is -2.48. The summed E-state index contributed by atoms with van der Waals surface area (Å²) < 4.78 is 75.5. The van der Waals surface area contributed by atoms with Crippen LogP contribution in [0.3, 0.4) is 0 Å². The van der Waals surface area contributed by atoms with E-state index in [1.54, 1.807) is 7.11 Å². The van der Waals surface area contributed by atoms with Crippen molar-refractivity contribution in [1.82, 2.24) is 0 Å². The van der Waals surface area contributed by atoms with Crippen LogP contribution >= 0.6 is 0 Å². The molecule has 2 aliphatic carbocycles. The molecule has 12 heteroatoms. The Balaban J connectivity index is 1.01. The largest absolute Gasteiger partial charge is 0.459 e. The molecule has 71 heavy (non-hydrogen) atoms. The molecule has 2 spiro atoms. The third kappa shape index (κ3) is 11.7. The molecule has 6 aromatic rings. The maximum atomic E-state index is 12.7. The molecular formula is C59H62O12. The normalized spacial score (nSPS) is 29.7. The minimum absolute atomic E-state index is 0.225. The number of benzene rings is 6. The van der Waals surface area contributed by atoms with Crippen LogP contribution in [0.5, 0.6) is 0 Å². The van der Waals surface area contributed by atoms with Crippen molar-refractivity contribution in [2.45, 2.75) is 132 Å².